The maximum absolute atomic E-state index is 11.7. The lowest BCUT2D eigenvalue weighted by molar-refractivity contribution is -0.129. The molecule has 4 heteroatoms. The van der Waals surface area contributed by atoms with Crippen LogP contribution < -0.4 is 5.73 Å². The van der Waals surface area contributed by atoms with Crippen molar-refractivity contribution in [2.45, 2.75) is 25.8 Å². The highest BCUT2D eigenvalue weighted by molar-refractivity contribution is 5.78. The average Bonchev–Trinajstić information content (AvgIpc) is 2.94. The summed E-state index contributed by atoms with van der Waals surface area (Å²) in [5.41, 5.74) is 7.23. The van der Waals surface area contributed by atoms with Crippen LogP contribution in [-0.2, 0) is 11.3 Å². The molecule has 0 unspecified atom stereocenters. The van der Waals surface area contributed by atoms with Crippen molar-refractivity contribution >= 4 is 5.91 Å². The molecular formula is C17H25N3O. The molecule has 114 valence electrons. The predicted molar refractivity (Wildman–Crippen MR) is 83.6 cm³/mol. The van der Waals surface area contributed by atoms with Crippen LogP contribution in [0.5, 0.6) is 0 Å². The standard InChI is InChI=1S/C17H25N3O/c18-12-16(21)20-11-8-17(14-20)6-9-19(10-7-17)13-15-4-2-1-3-5-15/h1-5H,6-14,18H2. The first-order chi connectivity index (χ1) is 10.2. The van der Waals surface area contributed by atoms with E-state index in [1.54, 1.807) is 0 Å². The third-order valence-electron chi connectivity index (χ3n) is 5.13. The van der Waals surface area contributed by atoms with Gasteiger partial charge in [0.15, 0.2) is 0 Å². The minimum Gasteiger partial charge on any atom is -0.341 e. The van der Waals surface area contributed by atoms with E-state index in [9.17, 15) is 4.79 Å². The van der Waals surface area contributed by atoms with E-state index >= 15 is 0 Å². The third-order valence-corrected chi connectivity index (χ3v) is 5.13. The second-order valence-electron chi connectivity index (χ2n) is 6.53. The minimum atomic E-state index is 0.110. The van der Waals surface area contributed by atoms with E-state index < -0.39 is 0 Å². The summed E-state index contributed by atoms with van der Waals surface area (Å²) in [5.74, 6) is 0.110. The summed E-state index contributed by atoms with van der Waals surface area (Å²) in [6.45, 7) is 5.29. The maximum Gasteiger partial charge on any atom is 0.236 e. The van der Waals surface area contributed by atoms with E-state index in [1.165, 1.54) is 18.4 Å². The number of carbonyl (C=O) groups is 1. The number of rotatable bonds is 3. The van der Waals surface area contributed by atoms with Gasteiger partial charge in [0, 0.05) is 19.6 Å². The van der Waals surface area contributed by atoms with Crippen molar-refractivity contribution in [3.05, 3.63) is 35.9 Å². The molecule has 2 fully saturated rings. The SMILES string of the molecule is NCC(=O)N1CCC2(CCN(Cc3ccccc3)CC2)C1. The summed E-state index contributed by atoms with van der Waals surface area (Å²) in [5, 5.41) is 0. The highest BCUT2D eigenvalue weighted by atomic mass is 16.2. The number of carbonyl (C=O) groups excluding carboxylic acids is 1. The molecule has 2 aliphatic rings. The largest absolute Gasteiger partial charge is 0.341 e. The number of hydrogen-bond acceptors (Lipinski definition) is 3. The molecule has 4 nitrogen and oxygen atoms in total. The molecular weight excluding hydrogens is 262 g/mol. The number of nitrogens with zero attached hydrogens (tertiary/aromatic N) is 2. The molecule has 1 aromatic rings. The number of nitrogens with two attached hydrogens (primary N) is 1. The number of amides is 1. The van der Waals surface area contributed by atoms with Gasteiger partial charge in [-0.1, -0.05) is 30.3 Å². The predicted octanol–water partition coefficient (Wildman–Crippen LogP) is 1.46. The van der Waals surface area contributed by atoms with E-state index in [0.29, 0.717) is 5.41 Å². The highest BCUT2D eigenvalue weighted by Gasteiger charge is 2.41. The number of likely N-dealkylation sites (tertiary alicyclic amines) is 2. The Morgan fingerprint density at radius 3 is 2.43 bits per heavy atom. The molecule has 0 aliphatic carbocycles. The fourth-order valence-electron chi connectivity index (χ4n) is 3.71. The second kappa shape index (κ2) is 6.16. The summed E-state index contributed by atoms with van der Waals surface area (Å²) >= 11 is 0. The van der Waals surface area contributed by atoms with Crippen LogP contribution in [-0.4, -0.2) is 48.4 Å². The Hall–Kier alpha value is -1.39. The normalized spacial score (nSPS) is 21.9. The van der Waals surface area contributed by atoms with Crippen LogP contribution in [0.25, 0.3) is 0 Å². The molecule has 2 N–H and O–H groups in total. The lowest BCUT2D eigenvalue weighted by Crippen LogP contribution is -2.42. The van der Waals surface area contributed by atoms with Crippen LogP contribution in [0.15, 0.2) is 30.3 Å². The van der Waals surface area contributed by atoms with Crippen molar-refractivity contribution in [1.29, 1.82) is 0 Å². The molecule has 0 atom stereocenters. The summed E-state index contributed by atoms with van der Waals surface area (Å²) in [6.07, 6.45) is 3.56. The summed E-state index contributed by atoms with van der Waals surface area (Å²) < 4.78 is 0. The monoisotopic (exact) mass is 287 g/mol. The van der Waals surface area contributed by atoms with Gasteiger partial charge in [-0.25, -0.2) is 0 Å². The highest BCUT2D eigenvalue weighted by Crippen LogP contribution is 2.40. The Bertz CT molecular complexity index is 480. The lowest BCUT2D eigenvalue weighted by atomic mass is 9.77. The Balaban J connectivity index is 1.52. The second-order valence-corrected chi connectivity index (χ2v) is 6.53. The van der Waals surface area contributed by atoms with Crippen LogP contribution >= 0.6 is 0 Å². The molecule has 0 saturated carbocycles. The quantitative estimate of drug-likeness (QED) is 0.915. The van der Waals surface area contributed by atoms with Gasteiger partial charge < -0.3 is 10.6 Å². The maximum atomic E-state index is 11.7. The Morgan fingerprint density at radius 2 is 1.76 bits per heavy atom. The van der Waals surface area contributed by atoms with Crippen molar-refractivity contribution in [3.63, 3.8) is 0 Å². The molecule has 0 aromatic heterocycles. The molecule has 0 radical (unpaired) electrons. The lowest BCUT2D eigenvalue weighted by Gasteiger charge is -2.39. The molecule has 21 heavy (non-hydrogen) atoms. The molecule has 1 amide bonds. The van der Waals surface area contributed by atoms with Crippen molar-refractivity contribution in [2.75, 3.05) is 32.7 Å². The van der Waals surface area contributed by atoms with Crippen molar-refractivity contribution in [1.82, 2.24) is 9.80 Å². The topological polar surface area (TPSA) is 49.6 Å². The van der Waals surface area contributed by atoms with Gasteiger partial charge in [-0.3, -0.25) is 9.69 Å². The van der Waals surface area contributed by atoms with Crippen molar-refractivity contribution in [3.8, 4) is 0 Å². The summed E-state index contributed by atoms with van der Waals surface area (Å²) in [4.78, 5) is 16.2. The van der Waals surface area contributed by atoms with Gasteiger partial charge in [0.05, 0.1) is 6.54 Å². The van der Waals surface area contributed by atoms with Crippen LogP contribution in [0.2, 0.25) is 0 Å². The fraction of sp³-hybridized carbons (Fsp3) is 0.588. The van der Waals surface area contributed by atoms with Crippen LogP contribution in [0.3, 0.4) is 0 Å². The molecule has 1 aromatic carbocycles. The zero-order valence-electron chi connectivity index (χ0n) is 12.6. The first kappa shape index (κ1) is 14.5. The van der Waals surface area contributed by atoms with Gasteiger partial charge in [-0.05, 0) is 43.3 Å². The van der Waals surface area contributed by atoms with Crippen molar-refractivity contribution in [2.24, 2.45) is 11.1 Å². The Morgan fingerprint density at radius 1 is 1.10 bits per heavy atom. The average molecular weight is 287 g/mol. The van der Waals surface area contributed by atoms with Crippen LogP contribution in [0, 0.1) is 5.41 Å². The van der Waals surface area contributed by atoms with Gasteiger partial charge in [-0.15, -0.1) is 0 Å². The molecule has 1 spiro atoms. The zero-order chi connectivity index (χ0) is 14.7. The first-order valence-corrected chi connectivity index (χ1v) is 7.95. The number of hydrogen-bond donors (Lipinski definition) is 1. The van der Waals surface area contributed by atoms with Crippen LogP contribution in [0.4, 0.5) is 0 Å². The Kier molecular flexibility index (Phi) is 4.27. The number of benzene rings is 1. The zero-order valence-corrected chi connectivity index (χ0v) is 12.6. The van der Waals surface area contributed by atoms with E-state index in [4.69, 9.17) is 5.73 Å². The van der Waals surface area contributed by atoms with Gasteiger partial charge in [0.2, 0.25) is 5.91 Å². The Labute approximate surface area is 126 Å². The van der Waals surface area contributed by atoms with Crippen LogP contribution in [0.1, 0.15) is 24.8 Å². The summed E-state index contributed by atoms with van der Waals surface area (Å²) in [6, 6.07) is 10.7. The molecule has 2 saturated heterocycles. The van der Waals surface area contributed by atoms with Crippen molar-refractivity contribution < 1.29 is 4.79 Å². The smallest absolute Gasteiger partial charge is 0.236 e. The van der Waals surface area contributed by atoms with E-state index in [0.717, 1.165) is 39.1 Å². The van der Waals surface area contributed by atoms with Gasteiger partial charge in [0.1, 0.15) is 0 Å². The molecule has 2 heterocycles. The van der Waals surface area contributed by atoms with Gasteiger partial charge >= 0.3 is 0 Å². The van der Waals surface area contributed by atoms with Gasteiger partial charge in [0.25, 0.3) is 0 Å². The summed E-state index contributed by atoms with van der Waals surface area (Å²) in [7, 11) is 0. The van der Waals surface area contributed by atoms with E-state index in [2.05, 4.69) is 35.2 Å². The first-order valence-electron chi connectivity index (χ1n) is 7.95. The molecule has 3 rings (SSSR count). The molecule has 2 aliphatic heterocycles. The number of piperidine rings is 1. The minimum absolute atomic E-state index is 0.110. The van der Waals surface area contributed by atoms with E-state index in [1.807, 2.05) is 4.90 Å². The fourth-order valence-corrected chi connectivity index (χ4v) is 3.71. The molecule has 0 bridgehead atoms. The van der Waals surface area contributed by atoms with Gasteiger partial charge in [-0.2, -0.15) is 0 Å². The van der Waals surface area contributed by atoms with E-state index in [-0.39, 0.29) is 12.5 Å². The third kappa shape index (κ3) is 3.27.